The average molecular weight is 260 g/mol. The van der Waals surface area contributed by atoms with Crippen molar-refractivity contribution in [3.05, 3.63) is 30.5 Å². The molecule has 19 heavy (non-hydrogen) atoms. The maximum Gasteiger partial charge on any atom is 0.277 e. The Kier molecular flexibility index (Phi) is 3.56. The number of nitrogens with zero attached hydrogens (tertiary/aromatic N) is 3. The molecule has 1 heterocycles. The summed E-state index contributed by atoms with van der Waals surface area (Å²) in [5.41, 5.74) is 0.514. The summed E-state index contributed by atoms with van der Waals surface area (Å²) in [7, 11) is 3.07. The summed E-state index contributed by atoms with van der Waals surface area (Å²) in [5.74, 6) is 0.783. The second kappa shape index (κ2) is 5.30. The van der Waals surface area contributed by atoms with Crippen molar-refractivity contribution in [2.45, 2.75) is 0 Å². The first kappa shape index (κ1) is 12.7. The van der Waals surface area contributed by atoms with Crippen LogP contribution < -0.4 is 14.8 Å². The van der Waals surface area contributed by atoms with Gasteiger partial charge in [0.05, 0.1) is 14.2 Å². The molecular formula is C12H12N4O3. The van der Waals surface area contributed by atoms with Gasteiger partial charge in [0.15, 0.2) is 0 Å². The molecule has 0 aromatic heterocycles. The fraction of sp³-hybridized carbons (Fsp3) is 0.167. The van der Waals surface area contributed by atoms with Crippen LogP contribution in [0.25, 0.3) is 0 Å². The lowest BCUT2D eigenvalue weighted by molar-refractivity contribution is -0.116. The molecule has 0 aliphatic carbocycles. The predicted octanol–water partition coefficient (Wildman–Crippen LogP) is 1.79. The van der Waals surface area contributed by atoms with Crippen LogP contribution in [0.2, 0.25) is 0 Å². The van der Waals surface area contributed by atoms with E-state index < -0.39 is 5.91 Å². The van der Waals surface area contributed by atoms with Crippen LogP contribution in [0, 0.1) is 0 Å². The number of amides is 1. The lowest BCUT2D eigenvalue weighted by Gasteiger charge is -2.10. The maximum atomic E-state index is 11.4. The van der Waals surface area contributed by atoms with Crippen molar-refractivity contribution in [3.63, 3.8) is 0 Å². The predicted molar refractivity (Wildman–Crippen MR) is 68.8 cm³/mol. The van der Waals surface area contributed by atoms with Gasteiger partial charge in [0.2, 0.25) is 5.96 Å². The fourth-order valence-electron chi connectivity index (χ4n) is 1.40. The standard InChI is InChI=1S/C12H12N4O3/c1-7-11(17)14-12(16-15-7)13-9-6-8(18-2)4-5-10(9)19-3/h4-6H,1H2,2-3H3,(H,13,14,17). The van der Waals surface area contributed by atoms with Crippen molar-refractivity contribution >= 4 is 17.6 Å². The molecule has 0 radical (unpaired) electrons. The molecule has 1 aliphatic heterocycles. The molecule has 0 spiro atoms. The number of rotatable bonds is 3. The van der Waals surface area contributed by atoms with Gasteiger partial charge in [-0.2, -0.15) is 0 Å². The van der Waals surface area contributed by atoms with E-state index in [-0.39, 0.29) is 11.7 Å². The topological polar surface area (TPSA) is 84.6 Å². The summed E-state index contributed by atoms with van der Waals surface area (Å²) >= 11 is 0. The van der Waals surface area contributed by atoms with E-state index in [1.54, 1.807) is 25.3 Å². The summed E-state index contributed by atoms with van der Waals surface area (Å²) in [6.07, 6.45) is 0. The molecule has 1 aliphatic rings. The van der Waals surface area contributed by atoms with Gasteiger partial charge in [-0.3, -0.25) is 10.1 Å². The molecule has 1 aromatic carbocycles. The number of azo groups is 1. The number of ether oxygens (including phenoxy) is 2. The molecule has 0 atom stereocenters. The smallest absolute Gasteiger partial charge is 0.277 e. The highest BCUT2D eigenvalue weighted by atomic mass is 16.5. The van der Waals surface area contributed by atoms with Gasteiger partial charge in [-0.05, 0) is 12.1 Å². The first-order chi connectivity index (χ1) is 9.13. The monoisotopic (exact) mass is 260 g/mol. The summed E-state index contributed by atoms with van der Waals surface area (Å²) in [6.45, 7) is 3.43. The van der Waals surface area contributed by atoms with Crippen LogP contribution in [0.1, 0.15) is 0 Å². The molecular weight excluding hydrogens is 248 g/mol. The number of carbonyl (C=O) groups excluding carboxylic acids is 1. The van der Waals surface area contributed by atoms with Crippen LogP contribution in [0.3, 0.4) is 0 Å². The van der Waals surface area contributed by atoms with Crippen LogP contribution in [0.5, 0.6) is 11.5 Å². The summed E-state index contributed by atoms with van der Waals surface area (Å²) in [6, 6.07) is 5.11. The van der Waals surface area contributed by atoms with Gasteiger partial charge in [-0.15, -0.1) is 10.2 Å². The number of hydrogen-bond donors (Lipinski definition) is 1. The first-order valence-electron chi connectivity index (χ1n) is 5.36. The molecule has 0 saturated heterocycles. The van der Waals surface area contributed by atoms with Crippen LogP contribution in [0.15, 0.2) is 45.7 Å². The van der Waals surface area contributed by atoms with Crippen molar-refractivity contribution in [2.75, 3.05) is 14.2 Å². The highest BCUT2D eigenvalue weighted by Crippen LogP contribution is 2.31. The van der Waals surface area contributed by atoms with E-state index in [9.17, 15) is 4.79 Å². The Bertz CT molecular complexity index is 593. The third-order valence-electron chi connectivity index (χ3n) is 2.37. The molecule has 1 amide bonds. The van der Waals surface area contributed by atoms with Gasteiger partial charge in [0.1, 0.15) is 22.9 Å². The second-order valence-corrected chi connectivity index (χ2v) is 3.57. The molecule has 0 fully saturated rings. The maximum absolute atomic E-state index is 11.4. The highest BCUT2D eigenvalue weighted by Gasteiger charge is 2.15. The zero-order valence-corrected chi connectivity index (χ0v) is 10.5. The van der Waals surface area contributed by atoms with Crippen LogP contribution in [0.4, 0.5) is 5.69 Å². The Morgan fingerprint density at radius 3 is 2.68 bits per heavy atom. The zero-order valence-electron chi connectivity index (χ0n) is 10.5. The molecule has 1 N–H and O–H groups in total. The van der Waals surface area contributed by atoms with Gasteiger partial charge < -0.3 is 9.47 Å². The van der Waals surface area contributed by atoms with Crippen molar-refractivity contribution in [3.8, 4) is 11.5 Å². The van der Waals surface area contributed by atoms with Gasteiger partial charge in [0, 0.05) is 6.07 Å². The largest absolute Gasteiger partial charge is 0.497 e. The Morgan fingerprint density at radius 2 is 2.05 bits per heavy atom. The van der Waals surface area contributed by atoms with Gasteiger partial charge in [-0.1, -0.05) is 6.58 Å². The highest BCUT2D eigenvalue weighted by molar-refractivity contribution is 6.07. The molecule has 7 nitrogen and oxygen atoms in total. The molecule has 0 bridgehead atoms. The number of aliphatic imine (C=N–C) groups is 1. The number of benzene rings is 1. The average Bonchev–Trinajstić information content (AvgIpc) is 2.43. The first-order valence-corrected chi connectivity index (χ1v) is 5.36. The van der Waals surface area contributed by atoms with E-state index in [1.165, 1.54) is 7.11 Å². The van der Waals surface area contributed by atoms with E-state index in [2.05, 4.69) is 27.1 Å². The Balaban J connectivity index is 2.39. The third kappa shape index (κ3) is 2.76. The van der Waals surface area contributed by atoms with Crippen molar-refractivity contribution in [1.29, 1.82) is 0 Å². The Morgan fingerprint density at radius 1 is 1.26 bits per heavy atom. The van der Waals surface area contributed by atoms with E-state index >= 15 is 0 Å². The van der Waals surface area contributed by atoms with Crippen LogP contribution in [-0.2, 0) is 4.79 Å². The number of nitrogens with one attached hydrogen (secondary N) is 1. The Labute approximate surface area is 109 Å². The van der Waals surface area contributed by atoms with Crippen LogP contribution >= 0.6 is 0 Å². The van der Waals surface area contributed by atoms with Crippen molar-refractivity contribution < 1.29 is 14.3 Å². The van der Waals surface area contributed by atoms with E-state index in [0.717, 1.165) is 0 Å². The van der Waals surface area contributed by atoms with E-state index in [4.69, 9.17) is 9.47 Å². The van der Waals surface area contributed by atoms with E-state index in [0.29, 0.717) is 17.2 Å². The van der Waals surface area contributed by atoms with Gasteiger partial charge in [-0.25, -0.2) is 4.99 Å². The second-order valence-electron chi connectivity index (χ2n) is 3.57. The van der Waals surface area contributed by atoms with Gasteiger partial charge >= 0.3 is 0 Å². The minimum absolute atomic E-state index is 0.0385. The number of hydrogen-bond acceptors (Lipinski definition) is 5. The van der Waals surface area contributed by atoms with Gasteiger partial charge in [0.25, 0.3) is 5.91 Å². The molecule has 1 aromatic rings. The SMILES string of the molecule is C=C1N=NC(=Nc2cc(OC)ccc2OC)NC1=O. The third-order valence-corrected chi connectivity index (χ3v) is 2.37. The summed E-state index contributed by atoms with van der Waals surface area (Å²) in [4.78, 5) is 15.5. The molecule has 2 rings (SSSR count). The van der Waals surface area contributed by atoms with Crippen molar-refractivity contribution in [2.24, 2.45) is 15.2 Å². The lowest BCUT2D eigenvalue weighted by atomic mass is 10.3. The minimum atomic E-state index is -0.435. The summed E-state index contributed by atoms with van der Waals surface area (Å²) < 4.78 is 10.3. The number of guanidine groups is 1. The lowest BCUT2D eigenvalue weighted by Crippen LogP contribution is -2.32. The molecule has 0 saturated carbocycles. The van der Waals surface area contributed by atoms with Crippen LogP contribution in [-0.4, -0.2) is 26.1 Å². The normalized spacial score (nSPS) is 16.4. The fourth-order valence-corrected chi connectivity index (χ4v) is 1.40. The number of methoxy groups -OCH3 is 2. The van der Waals surface area contributed by atoms with Crippen molar-refractivity contribution in [1.82, 2.24) is 5.32 Å². The quantitative estimate of drug-likeness (QED) is 0.841. The molecule has 7 heteroatoms. The minimum Gasteiger partial charge on any atom is -0.497 e. The number of carbonyl (C=O) groups is 1. The van der Waals surface area contributed by atoms with E-state index in [1.807, 2.05) is 0 Å². The Hall–Kier alpha value is -2.70. The molecule has 0 unspecified atom stereocenters. The summed E-state index contributed by atoms with van der Waals surface area (Å²) in [5, 5.41) is 9.79. The molecule has 98 valence electrons. The zero-order chi connectivity index (χ0) is 13.8.